The van der Waals surface area contributed by atoms with Crippen LogP contribution >= 0.6 is 11.6 Å². The van der Waals surface area contributed by atoms with Gasteiger partial charge in [0.05, 0.1) is 12.6 Å². The molecule has 2 rings (SSSR count). The highest BCUT2D eigenvalue weighted by Gasteiger charge is 2.33. The van der Waals surface area contributed by atoms with Gasteiger partial charge in [-0.25, -0.2) is 9.59 Å². The lowest BCUT2D eigenvalue weighted by Gasteiger charge is -2.37. The van der Waals surface area contributed by atoms with Gasteiger partial charge in [-0.05, 0) is 63.8 Å². The summed E-state index contributed by atoms with van der Waals surface area (Å²) in [6, 6.07) is 5.49. The van der Waals surface area contributed by atoms with Crippen molar-refractivity contribution in [2.45, 2.75) is 52.2 Å². The summed E-state index contributed by atoms with van der Waals surface area (Å²) in [4.78, 5) is 25.9. The maximum absolute atomic E-state index is 12.7. The van der Waals surface area contributed by atoms with E-state index in [1.165, 1.54) is 6.08 Å². The van der Waals surface area contributed by atoms with E-state index >= 15 is 0 Å². The van der Waals surface area contributed by atoms with E-state index in [1.54, 1.807) is 17.9 Å². The number of carbonyl (C=O) groups excluding carboxylic acids is 2. The van der Waals surface area contributed by atoms with Crippen LogP contribution < -0.4 is 0 Å². The van der Waals surface area contributed by atoms with Crippen molar-refractivity contribution in [3.05, 3.63) is 46.5 Å². The lowest BCUT2D eigenvalue weighted by Crippen LogP contribution is -2.43. The van der Waals surface area contributed by atoms with Crippen LogP contribution in [0, 0.1) is 0 Å². The van der Waals surface area contributed by atoms with Crippen LogP contribution in [-0.4, -0.2) is 35.7 Å². The van der Waals surface area contributed by atoms with Gasteiger partial charge in [-0.2, -0.15) is 0 Å². The number of amides is 1. The Morgan fingerprint density at radius 1 is 1.35 bits per heavy atom. The van der Waals surface area contributed by atoms with E-state index in [0.717, 1.165) is 11.1 Å². The summed E-state index contributed by atoms with van der Waals surface area (Å²) in [5, 5.41) is 0.676. The van der Waals surface area contributed by atoms with Gasteiger partial charge in [-0.1, -0.05) is 23.7 Å². The zero-order valence-electron chi connectivity index (χ0n) is 15.8. The van der Waals surface area contributed by atoms with Gasteiger partial charge in [-0.15, -0.1) is 0 Å². The Bertz CT molecular complexity index is 694. The molecule has 26 heavy (non-hydrogen) atoms. The van der Waals surface area contributed by atoms with E-state index in [-0.39, 0.29) is 18.1 Å². The predicted octanol–water partition coefficient (Wildman–Crippen LogP) is 4.68. The molecule has 0 aromatic heterocycles. The summed E-state index contributed by atoms with van der Waals surface area (Å²) in [5.41, 5.74) is 1.58. The molecule has 1 aromatic rings. The quantitative estimate of drug-likeness (QED) is 0.562. The second-order valence-electron chi connectivity index (χ2n) is 7.17. The van der Waals surface area contributed by atoms with Crippen molar-refractivity contribution in [3.8, 4) is 0 Å². The van der Waals surface area contributed by atoms with E-state index in [4.69, 9.17) is 21.1 Å². The van der Waals surface area contributed by atoms with Gasteiger partial charge >= 0.3 is 12.1 Å². The summed E-state index contributed by atoms with van der Waals surface area (Å²) in [6.07, 6.45) is 4.00. The van der Waals surface area contributed by atoms with Crippen molar-refractivity contribution in [3.63, 3.8) is 0 Å². The van der Waals surface area contributed by atoms with Gasteiger partial charge in [0, 0.05) is 17.6 Å². The zero-order valence-corrected chi connectivity index (χ0v) is 16.5. The number of rotatable bonds is 4. The van der Waals surface area contributed by atoms with Crippen LogP contribution in [0.3, 0.4) is 0 Å². The Labute approximate surface area is 159 Å². The van der Waals surface area contributed by atoms with Crippen molar-refractivity contribution >= 4 is 23.7 Å². The third-order valence-corrected chi connectivity index (χ3v) is 4.23. The van der Waals surface area contributed by atoms with Crippen molar-refractivity contribution in [1.82, 2.24) is 4.90 Å². The van der Waals surface area contributed by atoms with E-state index in [0.29, 0.717) is 31.0 Å². The largest absolute Gasteiger partial charge is 0.463 e. The molecule has 1 unspecified atom stereocenters. The first-order valence-electron chi connectivity index (χ1n) is 8.82. The lowest BCUT2D eigenvalue weighted by molar-refractivity contribution is -0.137. The van der Waals surface area contributed by atoms with E-state index < -0.39 is 5.60 Å². The molecule has 1 amide bonds. The molecule has 0 bridgehead atoms. The van der Waals surface area contributed by atoms with Gasteiger partial charge in [0.2, 0.25) is 0 Å². The van der Waals surface area contributed by atoms with Gasteiger partial charge < -0.3 is 14.4 Å². The van der Waals surface area contributed by atoms with Gasteiger partial charge in [0.25, 0.3) is 0 Å². The summed E-state index contributed by atoms with van der Waals surface area (Å²) in [5.74, 6) is -0.386. The highest BCUT2D eigenvalue weighted by Crippen LogP contribution is 2.35. The molecule has 0 saturated carbocycles. The molecule has 0 saturated heterocycles. The van der Waals surface area contributed by atoms with Crippen molar-refractivity contribution in [1.29, 1.82) is 0 Å². The molecule has 1 atom stereocenters. The molecule has 6 heteroatoms. The van der Waals surface area contributed by atoms with Crippen LogP contribution in [0.5, 0.6) is 0 Å². The molecule has 0 fully saturated rings. The molecule has 1 aliphatic rings. The third kappa shape index (κ3) is 5.49. The third-order valence-electron chi connectivity index (χ3n) is 3.99. The van der Waals surface area contributed by atoms with Gasteiger partial charge in [0.1, 0.15) is 5.60 Å². The molecule has 1 aliphatic heterocycles. The van der Waals surface area contributed by atoms with Crippen molar-refractivity contribution in [2.24, 2.45) is 0 Å². The summed E-state index contributed by atoms with van der Waals surface area (Å²) >= 11 is 6.11. The maximum atomic E-state index is 12.7. The fourth-order valence-corrected chi connectivity index (χ4v) is 3.15. The minimum absolute atomic E-state index is 0.212. The van der Waals surface area contributed by atoms with Crippen LogP contribution in [0.1, 0.15) is 51.3 Å². The molecule has 142 valence electrons. The van der Waals surface area contributed by atoms with Crippen LogP contribution in [0.2, 0.25) is 5.02 Å². The number of esters is 1. The summed E-state index contributed by atoms with van der Waals surface area (Å²) in [6.45, 7) is 8.17. The van der Waals surface area contributed by atoms with Crippen LogP contribution in [0.25, 0.3) is 0 Å². The Hall–Kier alpha value is -2.01. The first kappa shape index (κ1) is 20.3. The van der Waals surface area contributed by atoms with E-state index in [1.807, 2.05) is 39.0 Å². The lowest BCUT2D eigenvalue weighted by atomic mass is 9.91. The van der Waals surface area contributed by atoms with Crippen molar-refractivity contribution < 1.29 is 19.1 Å². The normalized spacial score (nSPS) is 17.1. The highest BCUT2D eigenvalue weighted by molar-refractivity contribution is 6.30. The highest BCUT2D eigenvalue weighted by atomic mass is 35.5. The molecule has 5 nitrogen and oxygen atoms in total. The zero-order chi connectivity index (χ0) is 19.3. The minimum Gasteiger partial charge on any atom is -0.463 e. The number of nitrogens with zero attached hydrogens (tertiary/aromatic N) is 1. The molecular weight excluding hydrogens is 354 g/mol. The molecule has 0 radical (unpaired) electrons. The van der Waals surface area contributed by atoms with E-state index in [9.17, 15) is 9.59 Å². The second kappa shape index (κ2) is 8.58. The average molecular weight is 380 g/mol. The number of halogens is 1. The van der Waals surface area contributed by atoms with Crippen LogP contribution in [-0.2, 0) is 20.7 Å². The van der Waals surface area contributed by atoms with E-state index in [2.05, 4.69) is 0 Å². The Morgan fingerprint density at radius 3 is 2.73 bits per heavy atom. The first-order chi connectivity index (χ1) is 12.2. The van der Waals surface area contributed by atoms with Gasteiger partial charge in [0.15, 0.2) is 0 Å². The first-order valence-corrected chi connectivity index (χ1v) is 9.20. The Morgan fingerprint density at radius 2 is 2.08 bits per heavy atom. The fraction of sp³-hybridized carbons (Fsp3) is 0.500. The number of hydrogen-bond donors (Lipinski definition) is 0. The van der Waals surface area contributed by atoms with Gasteiger partial charge in [-0.3, -0.25) is 0 Å². The molecule has 1 aromatic carbocycles. The predicted molar refractivity (Wildman–Crippen MR) is 101 cm³/mol. The number of hydrogen-bond acceptors (Lipinski definition) is 4. The second-order valence-corrected chi connectivity index (χ2v) is 7.61. The number of benzene rings is 1. The fourth-order valence-electron chi connectivity index (χ4n) is 2.96. The SMILES string of the molecule is CCOC(=O)C=CCC1c2ccc(Cl)cc2CCN1C(=O)OC(C)(C)C. The number of carbonyl (C=O) groups is 2. The minimum atomic E-state index is -0.567. The summed E-state index contributed by atoms with van der Waals surface area (Å²) < 4.78 is 10.5. The van der Waals surface area contributed by atoms with Crippen LogP contribution in [0.4, 0.5) is 4.79 Å². The molecule has 1 heterocycles. The smallest absolute Gasteiger partial charge is 0.410 e. The Kier molecular flexibility index (Phi) is 6.70. The number of fused-ring (bicyclic) bond motifs is 1. The number of ether oxygens (including phenoxy) is 2. The summed E-state index contributed by atoms with van der Waals surface area (Å²) in [7, 11) is 0. The average Bonchev–Trinajstić information content (AvgIpc) is 2.53. The molecular formula is C20H26ClNO4. The van der Waals surface area contributed by atoms with Crippen LogP contribution in [0.15, 0.2) is 30.4 Å². The maximum Gasteiger partial charge on any atom is 0.410 e. The standard InChI is InChI=1S/C20H26ClNO4/c1-5-25-18(23)8-6-7-17-16-10-9-15(21)13-14(16)11-12-22(17)19(24)26-20(2,3)4/h6,8-10,13,17H,5,7,11-12H2,1-4H3. The Balaban J connectivity index is 2.25. The van der Waals surface area contributed by atoms with Crippen molar-refractivity contribution in [2.75, 3.05) is 13.2 Å². The monoisotopic (exact) mass is 379 g/mol. The topological polar surface area (TPSA) is 55.8 Å². The molecule has 0 aliphatic carbocycles. The molecule has 0 N–H and O–H groups in total. The molecule has 0 spiro atoms.